The largest absolute Gasteiger partial charge is 0.467 e. The molecule has 0 spiro atoms. The molecule has 1 aliphatic heterocycles. The Morgan fingerprint density at radius 1 is 1.19 bits per heavy atom. The number of hydrogen-bond acceptors (Lipinski definition) is 5. The van der Waals surface area contributed by atoms with Crippen LogP contribution in [-0.2, 0) is 19.1 Å². The average molecular weight is 384 g/mol. The fourth-order valence-electron chi connectivity index (χ4n) is 4.14. The van der Waals surface area contributed by atoms with E-state index < -0.39 is 35.2 Å². The van der Waals surface area contributed by atoms with E-state index in [1.807, 2.05) is 20.8 Å². The summed E-state index contributed by atoms with van der Waals surface area (Å²) in [5.74, 6) is -0.304. The molecule has 0 bridgehead atoms. The average Bonchev–Trinajstić information content (AvgIpc) is 2.85. The molecule has 1 saturated carbocycles. The number of likely N-dealkylation sites (tertiary alicyclic amines) is 1. The second-order valence-corrected chi connectivity index (χ2v) is 10.4. The summed E-state index contributed by atoms with van der Waals surface area (Å²) < 4.78 is 10.3. The molecule has 2 aliphatic rings. The van der Waals surface area contributed by atoms with Crippen LogP contribution in [0.5, 0.6) is 0 Å². The molecule has 0 radical (unpaired) electrons. The number of carbonyl (C=O) groups is 3. The lowest BCUT2D eigenvalue weighted by atomic mass is 9.92. The zero-order chi connectivity index (χ0) is 20.9. The Labute approximate surface area is 162 Å². The maximum atomic E-state index is 13.3. The van der Waals surface area contributed by atoms with Gasteiger partial charge in [0.05, 0.1) is 7.11 Å². The SMILES string of the molecule is COC(=O)[C@@H]1[C@@H]2[C@H](CN1[14C](=O)[C@@H](NC(=O)OC(C)(C)C)C(C)(C)C)C2(C)C. The number of fused-ring (bicyclic) bond motifs is 1. The lowest BCUT2D eigenvalue weighted by molar-refractivity contribution is -0.154. The molecule has 2 amide bonds. The zero-order valence-electron chi connectivity index (χ0n) is 18.0. The molecule has 0 aromatic rings. The molecule has 154 valence electrons. The van der Waals surface area contributed by atoms with Gasteiger partial charge in [0.25, 0.3) is 0 Å². The van der Waals surface area contributed by atoms with Crippen LogP contribution in [0.4, 0.5) is 4.79 Å². The normalized spacial score (nSPS) is 27.4. The highest BCUT2D eigenvalue weighted by Crippen LogP contribution is 2.65. The van der Waals surface area contributed by atoms with Gasteiger partial charge in [0, 0.05) is 12.5 Å². The molecule has 4 atom stereocenters. The predicted molar refractivity (Wildman–Crippen MR) is 101 cm³/mol. The van der Waals surface area contributed by atoms with Gasteiger partial charge in [-0.1, -0.05) is 34.6 Å². The van der Waals surface area contributed by atoms with E-state index in [0.717, 1.165) is 0 Å². The number of rotatable bonds is 3. The van der Waals surface area contributed by atoms with Gasteiger partial charge in [-0.2, -0.15) is 0 Å². The molecule has 2 rings (SSSR count). The Balaban J connectivity index is 2.23. The first-order chi connectivity index (χ1) is 12.1. The van der Waals surface area contributed by atoms with Crippen LogP contribution in [0.15, 0.2) is 0 Å². The number of amides is 2. The van der Waals surface area contributed by atoms with E-state index in [2.05, 4.69) is 19.2 Å². The summed E-state index contributed by atoms with van der Waals surface area (Å²) in [5.41, 5.74) is -1.19. The third-order valence-electron chi connectivity index (χ3n) is 5.71. The lowest BCUT2D eigenvalue weighted by Gasteiger charge is -2.37. The topological polar surface area (TPSA) is 84.9 Å². The van der Waals surface area contributed by atoms with Crippen molar-refractivity contribution in [2.24, 2.45) is 22.7 Å². The minimum atomic E-state index is -0.805. The third-order valence-corrected chi connectivity index (χ3v) is 5.71. The molecule has 1 heterocycles. The molecule has 1 aliphatic carbocycles. The number of nitrogens with one attached hydrogen (secondary N) is 1. The van der Waals surface area contributed by atoms with Crippen molar-refractivity contribution in [2.45, 2.75) is 73.1 Å². The van der Waals surface area contributed by atoms with Gasteiger partial charge in [-0.3, -0.25) is 4.79 Å². The second kappa shape index (κ2) is 6.67. The van der Waals surface area contributed by atoms with Crippen molar-refractivity contribution in [3.8, 4) is 0 Å². The van der Waals surface area contributed by atoms with Crippen LogP contribution in [0.1, 0.15) is 55.4 Å². The van der Waals surface area contributed by atoms with Crippen molar-refractivity contribution in [1.29, 1.82) is 0 Å². The van der Waals surface area contributed by atoms with E-state index in [1.54, 1.807) is 25.7 Å². The number of esters is 1. The summed E-state index contributed by atoms with van der Waals surface area (Å²) in [6.45, 7) is 15.7. The summed E-state index contributed by atoms with van der Waals surface area (Å²) >= 11 is 0. The van der Waals surface area contributed by atoms with Crippen molar-refractivity contribution < 1.29 is 23.9 Å². The van der Waals surface area contributed by atoms with Crippen LogP contribution in [0.2, 0.25) is 0 Å². The van der Waals surface area contributed by atoms with Crippen molar-refractivity contribution in [3.05, 3.63) is 0 Å². The first-order valence-electron chi connectivity index (χ1n) is 9.49. The molecule has 7 heteroatoms. The van der Waals surface area contributed by atoms with Gasteiger partial charge in [-0.15, -0.1) is 0 Å². The van der Waals surface area contributed by atoms with Crippen LogP contribution >= 0.6 is 0 Å². The van der Waals surface area contributed by atoms with Crippen molar-refractivity contribution in [3.63, 3.8) is 0 Å². The number of piperidine rings is 1. The maximum Gasteiger partial charge on any atom is 0.408 e. The highest BCUT2D eigenvalue weighted by Gasteiger charge is 2.70. The smallest absolute Gasteiger partial charge is 0.408 e. The fraction of sp³-hybridized carbons (Fsp3) is 0.850. The Bertz CT molecular complexity index is 629. The standard InChI is InChI=1S/C20H34N2O5/c1-18(2,3)14(21-17(25)27-19(4,5)6)15(23)22-10-11-12(20(11,7)8)13(22)16(24)26-9/h11-14H,10H2,1-9H3,(H,21,25)/t11-,12-,13-,14+/m0/s1/i15+2. The van der Waals surface area contributed by atoms with E-state index in [9.17, 15) is 14.4 Å². The molecule has 7 nitrogen and oxygen atoms in total. The van der Waals surface area contributed by atoms with Gasteiger partial charge >= 0.3 is 12.1 Å². The number of methoxy groups -OCH3 is 1. The molecule has 27 heavy (non-hydrogen) atoms. The Kier molecular flexibility index (Phi) is 5.32. The van der Waals surface area contributed by atoms with E-state index in [0.29, 0.717) is 6.54 Å². The van der Waals surface area contributed by atoms with E-state index in [1.165, 1.54) is 7.11 Å². The Morgan fingerprint density at radius 3 is 2.19 bits per heavy atom. The minimum Gasteiger partial charge on any atom is -0.467 e. The molecule has 2 fully saturated rings. The van der Waals surface area contributed by atoms with Crippen molar-refractivity contribution in [1.82, 2.24) is 10.2 Å². The summed E-state index contributed by atoms with van der Waals surface area (Å²) in [4.78, 5) is 39.6. The molecule has 0 aromatic heterocycles. The van der Waals surface area contributed by atoms with Crippen molar-refractivity contribution >= 4 is 18.0 Å². The molecular weight excluding hydrogens is 350 g/mol. The minimum absolute atomic E-state index is 0.0193. The highest BCUT2D eigenvalue weighted by atomic mass is 16.6. The van der Waals surface area contributed by atoms with Gasteiger partial charge in [0.1, 0.15) is 17.7 Å². The Morgan fingerprint density at radius 2 is 1.74 bits per heavy atom. The molecule has 1 N–H and O–H groups in total. The van der Waals surface area contributed by atoms with Crippen molar-refractivity contribution in [2.75, 3.05) is 13.7 Å². The lowest BCUT2D eigenvalue weighted by Crippen LogP contribution is -2.58. The van der Waals surface area contributed by atoms with E-state index in [4.69, 9.17) is 9.47 Å². The van der Waals surface area contributed by atoms with Crippen LogP contribution in [0.3, 0.4) is 0 Å². The molecule has 0 aromatic carbocycles. The number of carbonyl (C=O) groups excluding carboxylic acids is 3. The van der Waals surface area contributed by atoms with Gasteiger partial charge < -0.3 is 19.7 Å². The Hall–Kier alpha value is -1.79. The van der Waals surface area contributed by atoms with Gasteiger partial charge in [0.15, 0.2) is 0 Å². The number of hydrogen-bond donors (Lipinski definition) is 1. The van der Waals surface area contributed by atoms with Crippen LogP contribution in [0.25, 0.3) is 0 Å². The summed E-state index contributed by atoms with van der Waals surface area (Å²) in [6.07, 6.45) is -0.643. The molecule has 1 saturated heterocycles. The molecule has 0 unspecified atom stereocenters. The monoisotopic (exact) mass is 384 g/mol. The maximum absolute atomic E-state index is 13.3. The zero-order valence-corrected chi connectivity index (χ0v) is 18.0. The summed E-state index contributed by atoms with van der Waals surface area (Å²) in [6, 6.07) is -1.41. The van der Waals surface area contributed by atoms with Gasteiger partial charge in [-0.25, -0.2) is 9.59 Å². The van der Waals surface area contributed by atoms with Gasteiger partial charge in [0.2, 0.25) is 5.91 Å². The summed E-state index contributed by atoms with van der Waals surface area (Å²) in [5, 5.41) is 2.71. The first kappa shape index (κ1) is 21.5. The van der Waals surface area contributed by atoms with Crippen LogP contribution < -0.4 is 5.32 Å². The number of nitrogens with zero attached hydrogens (tertiary/aromatic N) is 1. The fourth-order valence-corrected chi connectivity index (χ4v) is 4.14. The quantitative estimate of drug-likeness (QED) is 0.756. The van der Waals surface area contributed by atoms with Crippen LogP contribution in [-0.4, -0.2) is 54.2 Å². The van der Waals surface area contributed by atoms with Crippen LogP contribution in [0, 0.1) is 22.7 Å². The highest BCUT2D eigenvalue weighted by molar-refractivity contribution is 5.91. The number of ether oxygens (including phenoxy) is 2. The third kappa shape index (κ3) is 4.22. The predicted octanol–water partition coefficient (Wildman–Crippen LogP) is 2.58. The first-order valence-corrected chi connectivity index (χ1v) is 9.49. The van der Waals surface area contributed by atoms with Gasteiger partial charge in [-0.05, 0) is 37.5 Å². The molecular formula is C20H34N2O5. The second-order valence-electron chi connectivity index (χ2n) is 10.4. The van der Waals surface area contributed by atoms with E-state index in [-0.39, 0.29) is 23.2 Å². The number of alkyl carbamates (subject to hydrolysis) is 1. The summed E-state index contributed by atoms with van der Waals surface area (Å²) in [7, 11) is 1.34. The van der Waals surface area contributed by atoms with E-state index >= 15 is 0 Å².